The summed E-state index contributed by atoms with van der Waals surface area (Å²) in [4.78, 5) is 11.9. The summed E-state index contributed by atoms with van der Waals surface area (Å²) in [5.74, 6) is 4.86. The van der Waals surface area contributed by atoms with Crippen LogP contribution < -0.4 is 10.0 Å². The zero-order valence-electron chi connectivity index (χ0n) is 13.5. The molecule has 2 N–H and O–H groups in total. The van der Waals surface area contributed by atoms with Gasteiger partial charge in [-0.25, -0.2) is 8.42 Å². The van der Waals surface area contributed by atoms with E-state index in [1.165, 1.54) is 0 Å². The van der Waals surface area contributed by atoms with Crippen molar-refractivity contribution in [3.05, 3.63) is 59.7 Å². The molecule has 2 aromatic carbocycles. The molecule has 0 aliphatic heterocycles. The second kappa shape index (κ2) is 7.66. The average molecular weight is 342 g/mol. The van der Waals surface area contributed by atoms with Gasteiger partial charge in [-0.1, -0.05) is 24.1 Å². The summed E-state index contributed by atoms with van der Waals surface area (Å²) in [6, 6.07) is 14.1. The van der Waals surface area contributed by atoms with Crippen molar-refractivity contribution in [2.45, 2.75) is 13.8 Å². The minimum Gasteiger partial charge on any atom is -0.315 e. The Morgan fingerprint density at radius 2 is 1.83 bits per heavy atom. The van der Waals surface area contributed by atoms with E-state index in [2.05, 4.69) is 21.9 Å². The highest BCUT2D eigenvalue weighted by Crippen LogP contribution is 2.20. The third-order valence-corrected chi connectivity index (χ3v) is 4.51. The van der Waals surface area contributed by atoms with E-state index < -0.39 is 15.9 Å². The summed E-state index contributed by atoms with van der Waals surface area (Å²) >= 11 is 0. The molecule has 0 aliphatic rings. The second-order valence-corrected chi connectivity index (χ2v) is 7.12. The Morgan fingerprint density at radius 1 is 1.12 bits per heavy atom. The van der Waals surface area contributed by atoms with Crippen molar-refractivity contribution in [2.75, 3.05) is 15.8 Å². The molecule has 0 aliphatic carbocycles. The Balaban J connectivity index is 2.07. The Kier molecular flexibility index (Phi) is 5.61. The molecule has 6 heteroatoms. The number of amides is 1. The fourth-order valence-corrected chi connectivity index (χ4v) is 2.62. The molecule has 0 fully saturated rings. The number of benzene rings is 2. The van der Waals surface area contributed by atoms with Crippen molar-refractivity contribution < 1.29 is 13.2 Å². The lowest BCUT2D eigenvalue weighted by molar-refractivity contribution is -0.111. The van der Waals surface area contributed by atoms with Crippen LogP contribution in [-0.4, -0.2) is 20.1 Å². The van der Waals surface area contributed by atoms with Crippen LogP contribution in [0.15, 0.2) is 48.5 Å². The first-order valence-corrected chi connectivity index (χ1v) is 9.04. The second-order valence-electron chi connectivity index (χ2n) is 5.11. The fourth-order valence-electron chi connectivity index (χ4n) is 1.91. The summed E-state index contributed by atoms with van der Waals surface area (Å²) in [5, 5.41) is 2.67. The van der Waals surface area contributed by atoms with E-state index in [-0.39, 0.29) is 5.75 Å². The number of hydrogen-bond donors (Lipinski definition) is 2. The molecule has 0 heterocycles. The third-order valence-electron chi connectivity index (χ3n) is 3.22. The quantitative estimate of drug-likeness (QED) is 0.839. The molecule has 2 aromatic rings. The summed E-state index contributed by atoms with van der Waals surface area (Å²) in [5.41, 5.74) is 2.51. The zero-order chi connectivity index (χ0) is 17.6. The van der Waals surface area contributed by atoms with Crippen molar-refractivity contribution in [2.24, 2.45) is 0 Å². The van der Waals surface area contributed by atoms with E-state index >= 15 is 0 Å². The van der Waals surface area contributed by atoms with E-state index in [1.807, 2.05) is 30.3 Å². The van der Waals surface area contributed by atoms with Crippen LogP contribution in [0, 0.1) is 18.8 Å². The first-order chi connectivity index (χ1) is 11.4. The number of carbonyl (C=O) groups is 1. The predicted molar refractivity (Wildman–Crippen MR) is 96.2 cm³/mol. The summed E-state index contributed by atoms with van der Waals surface area (Å²) in [6.07, 6.45) is 0. The molecule has 0 aromatic heterocycles. The van der Waals surface area contributed by atoms with Crippen LogP contribution >= 0.6 is 0 Å². The highest BCUT2D eigenvalue weighted by atomic mass is 32.2. The van der Waals surface area contributed by atoms with Crippen LogP contribution in [-0.2, 0) is 14.8 Å². The first kappa shape index (κ1) is 17.6. The molecule has 0 saturated heterocycles. The normalized spacial score (nSPS) is 10.4. The maximum absolute atomic E-state index is 11.9. The van der Waals surface area contributed by atoms with Gasteiger partial charge in [-0.3, -0.25) is 9.52 Å². The Hall–Kier alpha value is -2.78. The van der Waals surface area contributed by atoms with Gasteiger partial charge in [-0.05, 0) is 49.7 Å². The van der Waals surface area contributed by atoms with Crippen LogP contribution in [0.2, 0.25) is 0 Å². The topological polar surface area (TPSA) is 75.3 Å². The lowest BCUT2D eigenvalue weighted by atomic mass is 10.2. The number of carbonyl (C=O) groups excluding carboxylic acids is 1. The van der Waals surface area contributed by atoms with Crippen LogP contribution in [0.4, 0.5) is 11.4 Å². The van der Waals surface area contributed by atoms with Gasteiger partial charge in [0, 0.05) is 17.2 Å². The smallest absolute Gasteiger partial charge is 0.300 e. The van der Waals surface area contributed by atoms with Crippen LogP contribution in [0.3, 0.4) is 0 Å². The largest absolute Gasteiger partial charge is 0.315 e. The van der Waals surface area contributed by atoms with Crippen molar-refractivity contribution in [1.29, 1.82) is 0 Å². The molecular weight excluding hydrogens is 324 g/mol. The van der Waals surface area contributed by atoms with E-state index in [1.54, 1.807) is 32.0 Å². The highest BCUT2D eigenvalue weighted by molar-refractivity contribution is 7.92. The van der Waals surface area contributed by atoms with Crippen molar-refractivity contribution in [3.63, 3.8) is 0 Å². The zero-order valence-corrected chi connectivity index (χ0v) is 14.3. The lowest BCUT2D eigenvalue weighted by Crippen LogP contribution is -2.15. The SMILES string of the molecule is CCS(=O)(=O)Nc1ccc(NC(=O)C#Cc2ccccc2)cc1C. The molecule has 0 atom stereocenters. The molecule has 0 radical (unpaired) electrons. The summed E-state index contributed by atoms with van der Waals surface area (Å²) in [7, 11) is -3.33. The summed E-state index contributed by atoms with van der Waals surface area (Å²) in [6.45, 7) is 3.33. The molecule has 5 nitrogen and oxygen atoms in total. The van der Waals surface area contributed by atoms with Gasteiger partial charge >= 0.3 is 5.91 Å². The van der Waals surface area contributed by atoms with Crippen molar-refractivity contribution in [1.82, 2.24) is 0 Å². The average Bonchev–Trinajstić information content (AvgIpc) is 2.56. The number of sulfonamides is 1. The van der Waals surface area contributed by atoms with Crippen LogP contribution in [0.25, 0.3) is 0 Å². The molecule has 2 rings (SSSR count). The van der Waals surface area contributed by atoms with Crippen molar-refractivity contribution >= 4 is 27.3 Å². The monoisotopic (exact) mass is 342 g/mol. The van der Waals surface area contributed by atoms with E-state index in [0.29, 0.717) is 16.9 Å². The van der Waals surface area contributed by atoms with E-state index in [0.717, 1.165) is 5.56 Å². The maximum atomic E-state index is 11.9. The molecule has 0 bridgehead atoms. The third kappa shape index (κ3) is 5.14. The van der Waals surface area contributed by atoms with Gasteiger partial charge in [0.2, 0.25) is 10.0 Å². The molecular formula is C18H18N2O3S. The Labute approximate surface area is 142 Å². The van der Waals surface area contributed by atoms with Gasteiger partial charge in [0.1, 0.15) is 0 Å². The van der Waals surface area contributed by atoms with E-state index in [4.69, 9.17) is 0 Å². The number of anilines is 2. The van der Waals surface area contributed by atoms with E-state index in [9.17, 15) is 13.2 Å². The molecule has 124 valence electrons. The molecule has 1 amide bonds. The van der Waals surface area contributed by atoms with Gasteiger partial charge < -0.3 is 5.32 Å². The highest BCUT2D eigenvalue weighted by Gasteiger charge is 2.09. The molecule has 0 saturated carbocycles. The number of aryl methyl sites for hydroxylation is 1. The van der Waals surface area contributed by atoms with Crippen LogP contribution in [0.5, 0.6) is 0 Å². The maximum Gasteiger partial charge on any atom is 0.300 e. The number of nitrogens with one attached hydrogen (secondary N) is 2. The Morgan fingerprint density at radius 3 is 2.46 bits per heavy atom. The van der Waals surface area contributed by atoms with Gasteiger partial charge in [0.15, 0.2) is 0 Å². The minimum atomic E-state index is -3.33. The Bertz CT molecular complexity index is 895. The summed E-state index contributed by atoms with van der Waals surface area (Å²) < 4.78 is 25.7. The number of hydrogen-bond acceptors (Lipinski definition) is 3. The van der Waals surface area contributed by atoms with Gasteiger partial charge in [0.25, 0.3) is 0 Å². The molecule has 0 unspecified atom stereocenters. The van der Waals surface area contributed by atoms with Crippen molar-refractivity contribution in [3.8, 4) is 11.8 Å². The first-order valence-electron chi connectivity index (χ1n) is 7.39. The molecule has 0 spiro atoms. The van der Waals surface area contributed by atoms with Gasteiger partial charge in [-0.2, -0.15) is 0 Å². The fraction of sp³-hybridized carbons (Fsp3) is 0.167. The van der Waals surface area contributed by atoms with Gasteiger partial charge in [-0.15, -0.1) is 0 Å². The number of rotatable bonds is 4. The lowest BCUT2D eigenvalue weighted by Gasteiger charge is -2.10. The minimum absolute atomic E-state index is 0.00000273. The van der Waals surface area contributed by atoms with Crippen LogP contribution in [0.1, 0.15) is 18.1 Å². The standard InChI is InChI=1S/C18H18N2O3S/c1-3-24(22,23)20-17-11-10-16(13-14(17)2)19-18(21)12-9-15-7-5-4-6-8-15/h4-8,10-11,13,20H,3H2,1-2H3,(H,19,21). The molecule has 24 heavy (non-hydrogen) atoms. The van der Waals surface area contributed by atoms with Gasteiger partial charge in [0.05, 0.1) is 11.4 Å². The predicted octanol–water partition coefficient (Wildman–Crippen LogP) is 2.75.